The monoisotopic (exact) mass is 452 g/mol. The van der Waals surface area contributed by atoms with E-state index < -0.39 is 0 Å². The van der Waals surface area contributed by atoms with Crippen LogP contribution in [0.2, 0.25) is 0 Å². The number of hydrogen-bond donors (Lipinski definition) is 2. The zero-order valence-electron chi connectivity index (χ0n) is 22.2. The van der Waals surface area contributed by atoms with Crippen LogP contribution in [0.25, 0.3) is 0 Å². The number of carbonyl (C=O) groups excluding carboxylic acids is 2. The molecule has 0 spiro atoms. The molecule has 0 aliphatic carbocycles. The molecule has 2 fully saturated rings. The lowest BCUT2D eigenvalue weighted by atomic mass is 9.70. The second-order valence-electron chi connectivity index (χ2n) is 11.8. The van der Waals surface area contributed by atoms with E-state index in [2.05, 4.69) is 60.3 Å². The van der Waals surface area contributed by atoms with Crippen LogP contribution in [0.15, 0.2) is 0 Å². The van der Waals surface area contributed by atoms with Crippen molar-refractivity contribution in [3.63, 3.8) is 0 Å². The van der Waals surface area contributed by atoms with Crippen molar-refractivity contribution >= 4 is 11.8 Å². The summed E-state index contributed by atoms with van der Waals surface area (Å²) in [5.74, 6) is 3.36. The number of likely N-dealkylation sites (tertiary alicyclic amines) is 2. The summed E-state index contributed by atoms with van der Waals surface area (Å²) >= 11 is 0. The molecule has 0 aromatic heterocycles. The highest BCUT2D eigenvalue weighted by atomic mass is 16.2. The van der Waals surface area contributed by atoms with Gasteiger partial charge in [0.05, 0.1) is 0 Å². The molecule has 0 saturated carbocycles. The predicted molar refractivity (Wildman–Crippen MR) is 134 cm³/mol. The van der Waals surface area contributed by atoms with E-state index in [1.807, 2.05) is 4.90 Å². The topological polar surface area (TPSA) is 92.7 Å². The lowest BCUT2D eigenvalue weighted by Crippen LogP contribution is -2.63. The van der Waals surface area contributed by atoms with Crippen LogP contribution in [0, 0.1) is 23.7 Å². The van der Waals surface area contributed by atoms with E-state index in [0.29, 0.717) is 37.8 Å². The number of piperidine rings is 2. The highest BCUT2D eigenvalue weighted by Crippen LogP contribution is 2.44. The standard InChI is InChI=1S/C15H30N2O.C11H22N2O/c1-11(2)12-9-14(3,4)17(13(18)7-8-16)15(5,6)10-12;1-9(2)10-4-7-13(8-5-10)11(14)3-6-12/h11-12H,7-10,16H2,1-6H3;9-10H,3-8,12H2,1-2H3. The quantitative estimate of drug-likeness (QED) is 0.637. The van der Waals surface area contributed by atoms with Crippen LogP contribution >= 0.6 is 0 Å². The normalized spacial score (nSPS) is 21.5. The minimum absolute atomic E-state index is 0.0665. The minimum Gasteiger partial charge on any atom is -0.343 e. The molecule has 0 atom stereocenters. The number of nitrogens with zero attached hydrogens (tertiary/aromatic N) is 2. The fourth-order valence-corrected chi connectivity index (χ4v) is 5.84. The molecule has 188 valence electrons. The number of amides is 2. The largest absolute Gasteiger partial charge is 0.343 e. The van der Waals surface area contributed by atoms with Gasteiger partial charge < -0.3 is 21.3 Å². The van der Waals surface area contributed by atoms with E-state index in [9.17, 15) is 9.59 Å². The van der Waals surface area contributed by atoms with Crippen LogP contribution in [0.4, 0.5) is 0 Å². The molecule has 0 aromatic rings. The number of hydrogen-bond acceptors (Lipinski definition) is 4. The third-order valence-electron chi connectivity index (χ3n) is 7.48. The molecular weight excluding hydrogens is 400 g/mol. The average Bonchev–Trinajstić information content (AvgIpc) is 2.67. The van der Waals surface area contributed by atoms with Gasteiger partial charge in [-0.05, 0) is 77.0 Å². The molecule has 0 radical (unpaired) electrons. The van der Waals surface area contributed by atoms with Gasteiger partial charge in [0.15, 0.2) is 0 Å². The smallest absolute Gasteiger partial charge is 0.224 e. The van der Waals surface area contributed by atoms with Gasteiger partial charge in [-0.1, -0.05) is 27.7 Å². The molecule has 6 heteroatoms. The summed E-state index contributed by atoms with van der Waals surface area (Å²) < 4.78 is 0. The predicted octanol–water partition coefficient (Wildman–Crippen LogP) is 4.02. The van der Waals surface area contributed by atoms with Gasteiger partial charge in [0.2, 0.25) is 11.8 Å². The Morgan fingerprint density at radius 2 is 1.19 bits per heavy atom. The Hall–Kier alpha value is -1.14. The van der Waals surface area contributed by atoms with Crippen LogP contribution in [0.1, 0.15) is 93.9 Å². The zero-order valence-corrected chi connectivity index (χ0v) is 22.2. The summed E-state index contributed by atoms with van der Waals surface area (Å²) in [5.41, 5.74) is 10.8. The van der Waals surface area contributed by atoms with Gasteiger partial charge in [-0.2, -0.15) is 0 Å². The first-order chi connectivity index (χ1) is 14.8. The SMILES string of the molecule is CC(C)C1CC(C)(C)N(C(=O)CCN)C(C)(C)C1.CC(C)C1CCN(C(=O)CCN)CC1. The Labute approximate surface area is 197 Å². The molecule has 4 N–H and O–H groups in total. The van der Waals surface area contributed by atoms with Crippen LogP contribution in [0.5, 0.6) is 0 Å². The maximum Gasteiger partial charge on any atom is 0.224 e. The van der Waals surface area contributed by atoms with E-state index in [4.69, 9.17) is 11.5 Å². The molecule has 2 aliphatic heterocycles. The second kappa shape index (κ2) is 12.4. The van der Waals surface area contributed by atoms with Crippen molar-refractivity contribution in [1.82, 2.24) is 9.80 Å². The first kappa shape index (κ1) is 28.9. The maximum atomic E-state index is 12.4. The van der Waals surface area contributed by atoms with Crippen molar-refractivity contribution in [3.8, 4) is 0 Å². The first-order valence-electron chi connectivity index (χ1n) is 12.8. The minimum atomic E-state index is -0.0665. The molecule has 2 saturated heterocycles. The molecule has 2 amide bonds. The third kappa shape index (κ3) is 8.02. The van der Waals surface area contributed by atoms with Crippen molar-refractivity contribution in [1.29, 1.82) is 0 Å². The molecule has 2 rings (SSSR count). The van der Waals surface area contributed by atoms with Gasteiger partial charge in [0.1, 0.15) is 0 Å². The highest BCUT2D eigenvalue weighted by Gasteiger charge is 2.47. The third-order valence-corrected chi connectivity index (χ3v) is 7.48. The van der Waals surface area contributed by atoms with Gasteiger partial charge in [-0.25, -0.2) is 0 Å². The molecule has 6 nitrogen and oxygen atoms in total. The Morgan fingerprint density at radius 3 is 1.56 bits per heavy atom. The Balaban J connectivity index is 0.000000330. The molecule has 2 aliphatic rings. The van der Waals surface area contributed by atoms with Crippen molar-refractivity contribution in [2.45, 2.75) is 105 Å². The van der Waals surface area contributed by atoms with Crippen molar-refractivity contribution in [2.24, 2.45) is 35.1 Å². The highest BCUT2D eigenvalue weighted by molar-refractivity contribution is 5.78. The van der Waals surface area contributed by atoms with E-state index in [0.717, 1.165) is 50.6 Å². The summed E-state index contributed by atoms with van der Waals surface area (Å²) in [5, 5.41) is 0. The van der Waals surface area contributed by atoms with E-state index in [1.54, 1.807) is 0 Å². The van der Waals surface area contributed by atoms with Crippen LogP contribution in [-0.4, -0.2) is 58.9 Å². The molecule has 2 heterocycles. The number of carbonyl (C=O) groups is 2. The Bertz CT molecular complexity index is 575. The Morgan fingerprint density at radius 1 is 0.781 bits per heavy atom. The first-order valence-corrected chi connectivity index (χ1v) is 12.8. The lowest BCUT2D eigenvalue weighted by molar-refractivity contribution is -0.152. The zero-order chi connectivity index (χ0) is 24.7. The van der Waals surface area contributed by atoms with Crippen molar-refractivity contribution in [3.05, 3.63) is 0 Å². The van der Waals surface area contributed by atoms with E-state index in [-0.39, 0.29) is 22.9 Å². The second-order valence-corrected chi connectivity index (χ2v) is 11.8. The summed E-state index contributed by atoms with van der Waals surface area (Å²) in [6, 6.07) is 0. The van der Waals surface area contributed by atoms with Crippen molar-refractivity contribution < 1.29 is 9.59 Å². The lowest BCUT2D eigenvalue weighted by Gasteiger charge is -2.56. The fourth-order valence-electron chi connectivity index (χ4n) is 5.84. The molecule has 0 aromatic carbocycles. The molecule has 0 unspecified atom stereocenters. The fraction of sp³-hybridized carbons (Fsp3) is 0.923. The summed E-state index contributed by atoms with van der Waals surface area (Å²) in [6.45, 7) is 20.7. The summed E-state index contributed by atoms with van der Waals surface area (Å²) in [4.78, 5) is 27.9. The average molecular weight is 453 g/mol. The van der Waals surface area contributed by atoms with Gasteiger partial charge in [0.25, 0.3) is 0 Å². The summed E-state index contributed by atoms with van der Waals surface area (Å²) in [6.07, 6.45) is 5.46. The van der Waals surface area contributed by atoms with Gasteiger partial charge in [-0.3, -0.25) is 9.59 Å². The van der Waals surface area contributed by atoms with Crippen LogP contribution in [-0.2, 0) is 9.59 Å². The van der Waals surface area contributed by atoms with Gasteiger partial charge in [-0.15, -0.1) is 0 Å². The maximum absolute atomic E-state index is 12.4. The Kier molecular flexibility index (Phi) is 11.2. The van der Waals surface area contributed by atoms with Gasteiger partial charge >= 0.3 is 0 Å². The summed E-state index contributed by atoms with van der Waals surface area (Å²) in [7, 11) is 0. The molecule has 0 bridgehead atoms. The van der Waals surface area contributed by atoms with Crippen molar-refractivity contribution in [2.75, 3.05) is 26.2 Å². The van der Waals surface area contributed by atoms with E-state index >= 15 is 0 Å². The van der Waals surface area contributed by atoms with Gasteiger partial charge in [0, 0.05) is 50.1 Å². The van der Waals surface area contributed by atoms with Crippen LogP contribution in [0.3, 0.4) is 0 Å². The number of nitrogens with two attached hydrogens (primary N) is 2. The van der Waals surface area contributed by atoms with E-state index in [1.165, 1.54) is 0 Å². The number of rotatable bonds is 6. The molecule has 32 heavy (non-hydrogen) atoms. The van der Waals surface area contributed by atoms with Crippen LogP contribution < -0.4 is 11.5 Å². The molecular formula is C26H52N4O2.